The van der Waals surface area contributed by atoms with Gasteiger partial charge in [-0.1, -0.05) is 19.3 Å². The Hall–Kier alpha value is -2.44. The summed E-state index contributed by atoms with van der Waals surface area (Å²) < 4.78 is 10.8. The van der Waals surface area contributed by atoms with Crippen molar-refractivity contribution in [3.63, 3.8) is 0 Å². The molecule has 2 saturated heterocycles. The van der Waals surface area contributed by atoms with Gasteiger partial charge in [-0.25, -0.2) is 4.79 Å². The molecule has 28 heavy (non-hydrogen) atoms. The Kier molecular flexibility index (Phi) is 4.33. The zero-order chi connectivity index (χ0) is 19.1. The summed E-state index contributed by atoms with van der Waals surface area (Å²) >= 11 is 0. The first-order valence-electron chi connectivity index (χ1n) is 10.4. The Morgan fingerprint density at radius 3 is 2.79 bits per heavy atom. The number of fused-ring (bicyclic) bond motifs is 1. The van der Waals surface area contributed by atoms with Gasteiger partial charge >= 0.3 is 6.03 Å². The van der Waals surface area contributed by atoms with Crippen molar-refractivity contribution < 1.29 is 19.1 Å². The van der Waals surface area contributed by atoms with Gasteiger partial charge in [0.2, 0.25) is 12.7 Å². The second-order valence-corrected chi connectivity index (χ2v) is 8.65. The Labute approximate surface area is 165 Å². The van der Waals surface area contributed by atoms with Crippen LogP contribution in [0.15, 0.2) is 18.2 Å². The molecule has 1 spiro atoms. The lowest BCUT2D eigenvalue weighted by atomic mass is 9.86. The predicted molar refractivity (Wildman–Crippen MR) is 104 cm³/mol. The first-order valence-corrected chi connectivity index (χ1v) is 10.4. The third kappa shape index (κ3) is 3.16. The molecule has 1 saturated carbocycles. The Morgan fingerprint density at radius 2 is 1.93 bits per heavy atom. The minimum atomic E-state index is -0.142. The molecule has 5 rings (SSSR count). The van der Waals surface area contributed by atoms with Crippen molar-refractivity contribution in [1.29, 1.82) is 0 Å². The molecular formula is C21H27N3O4. The van der Waals surface area contributed by atoms with Gasteiger partial charge in [0.05, 0.1) is 0 Å². The molecular weight excluding hydrogens is 358 g/mol. The minimum absolute atomic E-state index is 0.0396. The molecule has 1 aromatic carbocycles. The normalized spacial score (nSPS) is 27.1. The van der Waals surface area contributed by atoms with Crippen LogP contribution in [0, 0.1) is 5.41 Å². The highest BCUT2D eigenvalue weighted by Crippen LogP contribution is 2.44. The quantitative estimate of drug-likeness (QED) is 0.850. The van der Waals surface area contributed by atoms with E-state index in [4.69, 9.17) is 9.47 Å². The number of rotatable bonds is 2. The molecule has 1 aromatic rings. The monoisotopic (exact) mass is 385 g/mol. The molecule has 0 radical (unpaired) electrons. The van der Waals surface area contributed by atoms with Crippen LogP contribution in [0.3, 0.4) is 0 Å². The highest BCUT2D eigenvalue weighted by atomic mass is 16.7. The second-order valence-electron chi connectivity index (χ2n) is 8.65. The van der Waals surface area contributed by atoms with Crippen LogP contribution < -0.4 is 19.7 Å². The lowest BCUT2D eigenvalue weighted by Gasteiger charge is -2.27. The topological polar surface area (TPSA) is 71.1 Å². The smallest absolute Gasteiger partial charge is 0.317 e. The minimum Gasteiger partial charge on any atom is -0.454 e. The van der Waals surface area contributed by atoms with Crippen LogP contribution in [0.25, 0.3) is 0 Å². The van der Waals surface area contributed by atoms with Gasteiger partial charge in [-0.3, -0.25) is 4.79 Å². The zero-order valence-electron chi connectivity index (χ0n) is 16.1. The maximum Gasteiger partial charge on any atom is 0.317 e. The van der Waals surface area contributed by atoms with Crippen molar-refractivity contribution >= 4 is 17.6 Å². The number of amides is 3. The number of carbonyl (C=O) groups excluding carboxylic acids is 2. The van der Waals surface area contributed by atoms with E-state index in [1.807, 2.05) is 28.0 Å². The molecule has 1 atom stereocenters. The molecule has 0 bridgehead atoms. The van der Waals surface area contributed by atoms with E-state index in [-0.39, 0.29) is 24.1 Å². The third-order valence-electron chi connectivity index (χ3n) is 6.65. The molecule has 150 valence electrons. The van der Waals surface area contributed by atoms with Crippen molar-refractivity contribution in [3.8, 4) is 11.5 Å². The van der Waals surface area contributed by atoms with Crippen LogP contribution >= 0.6 is 0 Å². The number of urea groups is 1. The summed E-state index contributed by atoms with van der Waals surface area (Å²) in [6, 6.07) is 5.99. The first kappa shape index (κ1) is 17.6. The van der Waals surface area contributed by atoms with Gasteiger partial charge in [-0.15, -0.1) is 0 Å². The molecule has 3 amide bonds. The summed E-state index contributed by atoms with van der Waals surface area (Å²) in [5.74, 6) is 1.52. The Balaban J connectivity index is 1.24. The van der Waals surface area contributed by atoms with E-state index in [0.717, 1.165) is 37.2 Å². The summed E-state index contributed by atoms with van der Waals surface area (Å²) in [6.07, 6.45) is 7.22. The number of nitrogens with one attached hydrogen (secondary N) is 1. The summed E-state index contributed by atoms with van der Waals surface area (Å²) in [5.41, 5.74) is 0.702. The molecule has 1 aliphatic carbocycles. The number of likely N-dealkylation sites (tertiary alicyclic amines) is 1. The van der Waals surface area contributed by atoms with Crippen molar-refractivity contribution in [1.82, 2.24) is 10.2 Å². The molecule has 3 fully saturated rings. The van der Waals surface area contributed by atoms with Crippen LogP contribution in [0.2, 0.25) is 0 Å². The van der Waals surface area contributed by atoms with Crippen molar-refractivity contribution in [3.05, 3.63) is 18.2 Å². The highest BCUT2D eigenvalue weighted by molar-refractivity contribution is 5.97. The Bertz CT molecular complexity index is 792. The highest BCUT2D eigenvalue weighted by Gasteiger charge is 2.49. The maximum atomic E-state index is 12.8. The third-order valence-corrected chi connectivity index (χ3v) is 6.65. The van der Waals surface area contributed by atoms with Gasteiger partial charge in [0.25, 0.3) is 0 Å². The Morgan fingerprint density at radius 1 is 1.11 bits per heavy atom. The van der Waals surface area contributed by atoms with E-state index in [1.165, 1.54) is 19.3 Å². The first-order chi connectivity index (χ1) is 13.6. The average Bonchev–Trinajstić information content (AvgIpc) is 3.41. The van der Waals surface area contributed by atoms with Crippen LogP contribution in [0.5, 0.6) is 11.5 Å². The number of anilines is 1. The molecule has 0 aromatic heterocycles. The number of carbonyl (C=O) groups is 2. The van der Waals surface area contributed by atoms with Crippen molar-refractivity contribution in [2.45, 2.75) is 51.0 Å². The standard InChI is InChI=1S/C21H27N3O4/c25-19-11-21(13-24(19)16-6-7-17-18(10-16)28-14-27-17)8-9-23(12-21)20(26)22-15-4-2-1-3-5-15/h6-7,10,15H,1-5,8-9,11-14H2,(H,22,26). The van der Waals surface area contributed by atoms with Gasteiger partial charge in [0.15, 0.2) is 11.5 Å². The molecule has 7 nitrogen and oxygen atoms in total. The van der Waals surface area contributed by atoms with Gasteiger partial charge in [-0.2, -0.15) is 0 Å². The van der Waals surface area contributed by atoms with Crippen LogP contribution in [0.1, 0.15) is 44.9 Å². The van der Waals surface area contributed by atoms with E-state index in [9.17, 15) is 9.59 Å². The fourth-order valence-electron chi connectivity index (χ4n) is 5.08. The van der Waals surface area contributed by atoms with Crippen LogP contribution in [-0.2, 0) is 4.79 Å². The maximum absolute atomic E-state index is 12.8. The molecule has 4 aliphatic rings. The fourth-order valence-corrected chi connectivity index (χ4v) is 5.08. The van der Waals surface area contributed by atoms with Gasteiger partial charge in [-0.05, 0) is 31.4 Å². The fraction of sp³-hybridized carbons (Fsp3) is 0.619. The lowest BCUT2D eigenvalue weighted by Crippen LogP contribution is -2.45. The van der Waals surface area contributed by atoms with E-state index >= 15 is 0 Å². The van der Waals surface area contributed by atoms with Gasteiger partial charge in [0, 0.05) is 49.3 Å². The number of hydrogen-bond donors (Lipinski definition) is 1. The van der Waals surface area contributed by atoms with Crippen molar-refractivity contribution in [2.75, 3.05) is 31.3 Å². The molecule has 3 heterocycles. The SMILES string of the molecule is O=C(NC1CCCCC1)N1CCC2(CC(=O)N(c3ccc4c(c3)OCO4)C2)C1. The molecule has 1 unspecified atom stereocenters. The molecule has 1 N–H and O–H groups in total. The summed E-state index contributed by atoms with van der Waals surface area (Å²) in [7, 11) is 0. The largest absolute Gasteiger partial charge is 0.454 e. The van der Waals surface area contributed by atoms with Crippen LogP contribution in [-0.4, -0.2) is 49.3 Å². The van der Waals surface area contributed by atoms with Crippen LogP contribution in [0.4, 0.5) is 10.5 Å². The number of benzene rings is 1. The lowest BCUT2D eigenvalue weighted by molar-refractivity contribution is -0.117. The summed E-state index contributed by atoms with van der Waals surface area (Å²) in [6.45, 7) is 2.25. The predicted octanol–water partition coefficient (Wildman–Crippen LogP) is 2.89. The number of nitrogens with zero attached hydrogens (tertiary/aromatic N) is 2. The molecule has 3 aliphatic heterocycles. The van der Waals surface area contributed by atoms with E-state index in [2.05, 4.69) is 5.32 Å². The molecule has 7 heteroatoms. The van der Waals surface area contributed by atoms with Crippen molar-refractivity contribution in [2.24, 2.45) is 5.41 Å². The van der Waals surface area contributed by atoms with E-state index in [0.29, 0.717) is 31.3 Å². The zero-order valence-corrected chi connectivity index (χ0v) is 16.1. The summed E-state index contributed by atoms with van der Waals surface area (Å²) in [4.78, 5) is 29.2. The van der Waals surface area contributed by atoms with E-state index in [1.54, 1.807) is 0 Å². The number of ether oxygens (including phenoxy) is 2. The second kappa shape index (κ2) is 6.87. The summed E-state index contributed by atoms with van der Waals surface area (Å²) in [5, 5.41) is 3.21. The van der Waals surface area contributed by atoms with Gasteiger partial charge in [0.1, 0.15) is 0 Å². The van der Waals surface area contributed by atoms with E-state index < -0.39 is 0 Å². The van der Waals surface area contributed by atoms with Gasteiger partial charge < -0.3 is 24.6 Å². The number of hydrogen-bond acceptors (Lipinski definition) is 4. The average molecular weight is 385 g/mol.